The van der Waals surface area contributed by atoms with Gasteiger partial charge in [-0.3, -0.25) is 4.79 Å². The van der Waals surface area contributed by atoms with Gasteiger partial charge in [-0.1, -0.05) is 6.07 Å². The van der Waals surface area contributed by atoms with Gasteiger partial charge in [0.25, 0.3) is 5.91 Å². The number of fused-ring (bicyclic) bond motifs is 1. The standard InChI is InChI=1S/C28H27FN6O2/c1-16-27-22(28(37)33-24-12-6-18(29)13-23(24)31)3-2-4-26(27)35(34-16)20-9-5-17(15-30)25(14-20)32-19-7-10-21(36)11-8-19/h2-6,9,12-14,19,21,32,36H,7-8,10-11,31H2,1H3,(H,33,37)/t19-,21-. The number of nitrogens with zero attached hydrogens (tertiary/aromatic N) is 3. The fourth-order valence-corrected chi connectivity index (χ4v) is 4.89. The minimum Gasteiger partial charge on any atom is -0.397 e. The molecule has 0 aliphatic heterocycles. The summed E-state index contributed by atoms with van der Waals surface area (Å²) < 4.78 is 15.2. The van der Waals surface area contributed by atoms with Crippen LogP contribution in [0.15, 0.2) is 54.6 Å². The van der Waals surface area contributed by atoms with Crippen molar-refractivity contribution >= 4 is 33.9 Å². The van der Waals surface area contributed by atoms with Gasteiger partial charge in [-0.2, -0.15) is 10.4 Å². The molecule has 3 aromatic carbocycles. The molecule has 0 saturated heterocycles. The maximum atomic E-state index is 13.4. The second-order valence-electron chi connectivity index (χ2n) is 9.37. The molecule has 1 aliphatic carbocycles. The lowest BCUT2D eigenvalue weighted by Crippen LogP contribution is -2.28. The molecular formula is C28H27FN6O2. The molecule has 1 fully saturated rings. The van der Waals surface area contributed by atoms with E-state index in [0.717, 1.165) is 43.0 Å². The van der Waals surface area contributed by atoms with Crippen LogP contribution in [0.3, 0.4) is 0 Å². The first-order chi connectivity index (χ1) is 17.8. The molecular weight excluding hydrogens is 471 g/mol. The first kappa shape index (κ1) is 24.3. The van der Waals surface area contributed by atoms with Gasteiger partial charge in [0, 0.05) is 11.4 Å². The molecule has 188 valence electrons. The highest BCUT2D eigenvalue weighted by Gasteiger charge is 2.22. The Kier molecular flexibility index (Phi) is 6.51. The van der Waals surface area contributed by atoms with Crippen LogP contribution in [0.25, 0.3) is 16.6 Å². The quantitative estimate of drug-likeness (QED) is 0.290. The molecule has 37 heavy (non-hydrogen) atoms. The number of nitrogen functional groups attached to an aromatic ring is 1. The van der Waals surface area contributed by atoms with E-state index in [1.54, 1.807) is 22.9 Å². The Hall–Kier alpha value is -4.42. The maximum absolute atomic E-state index is 13.4. The lowest BCUT2D eigenvalue weighted by Gasteiger charge is -2.27. The number of aryl methyl sites for hydroxylation is 1. The van der Waals surface area contributed by atoms with Crippen LogP contribution in [0, 0.1) is 24.1 Å². The van der Waals surface area contributed by atoms with Crippen molar-refractivity contribution in [3.63, 3.8) is 0 Å². The van der Waals surface area contributed by atoms with E-state index in [0.29, 0.717) is 33.6 Å². The van der Waals surface area contributed by atoms with E-state index in [9.17, 15) is 19.6 Å². The number of halogens is 1. The molecule has 0 atom stereocenters. The number of carbonyl (C=O) groups excluding carboxylic acids is 1. The largest absolute Gasteiger partial charge is 0.397 e. The number of nitriles is 1. The third-order valence-electron chi connectivity index (χ3n) is 6.81. The van der Waals surface area contributed by atoms with E-state index >= 15 is 0 Å². The number of aliphatic hydroxyl groups is 1. The summed E-state index contributed by atoms with van der Waals surface area (Å²) in [6, 6.07) is 17.1. The summed E-state index contributed by atoms with van der Waals surface area (Å²) in [5, 5.41) is 31.1. The first-order valence-electron chi connectivity index (χ1n) is 12.2. The number of carbonyl (C=O) groups is 1. The van der Waals surface area contributed by atoms with Crippen molar-refractivity contribution in [3.05, 3.63) is 77.2 Å². The molecule has 1 saturated carbocycles. The van der Waals surface area contributed by atoms with Crippen molar-refractivity contribution in [1.82, 2.24) is 9.78 Å². The predicted octanol–water partition coefficient (Wildman–Crippen LogP) is 4.89. The van der Waals surface area contributed by atoms with Crippen LogP contribution in [-0.2, 0) is 0 Å². The number of anilines is 3. The average molecular weight is 499 g/mol. The van der Waals surface area contributed by atoms with Gasteiger partial charge in [-0.15, -0.1) is 0 Å². The Morgan fingerprint density at radius 3 is 2.65 bits per heavy atom. The van der Waals surface area contributed by atoms with Gasteiger partial charge < -0.3 is 21.5 Å². The summed E-state index contributed by atoms with van der Waals surface area (Å²) >= 11 is 0. The maximum Gasteiger partial charge on any atom is 0.256 e. The van der Waals surface area contributed by atoms with E-state index in [1.165, 1.54) is 12.1 Å². The van der Waals surface area contributed by atoms with Crippen LogP contribution in [0.2, 0.25) is 0 Å². The summed E-state index contributed by atoms with van der Waals surface area (Å²) in [6.07, 6.45) is 2.87. The molecule has 9 heteroatoms. The van der Waals surface area contributed by atoms with Gasteiger partial charge >= 0.3 is 0 Å². The number of nitrogens with one attached hydrogen (secondary N) is 2. The van der Waals surface area contributed by atoms with Gasteiger partial charge in [0.2, 0.25) is 0 Å². The van der Waals surface area contributed by atoms with Crippen molar-refractivity contribution in [2.75, 3.05) is 16.4 Å². The molecule has 0 radical (unpaired) electrons. The first-order valence-corrected chi connectivity index (χ1v) is 12.2. The predicted molar refractivity (Wildman–Crippen MR) is 141 cm³/mol. The summed E-state index contributed by atoms with van der Waals surface area (Å²) in [5.74, 6) is -0.861. The highest BCUT2D eigenvalue weighted by molar-refractivity contribution is 6.14. The summed E-state index contributed by atoms with van der Waals surface area (Å²) in [7, 11) is 0. The molecule has 1 heterocycles. The highest BCUT2D eigenvalue weighted by atomic mass is 19.1. The summed E-state index contributed by atoms with van der Waals surface area (Å²) in [5.41, 5.74) is 10.1. The van der Waals surface area contributed by atoms with E-state index in [2.05, 4.69) is 16.7 Å². The van der Waals surface area contributed by atoms with Gasteiger partial charge in [-0.05, 0) is 81.1 Å². The lowest BCUT2D eigenvalue weighted by molar-refractivity contribution is 0.102. The molecule has 1 amide bonds. The van der Waals surface area contributed by atoms with Crippen LogP contribution >= 0.6 is 0 Å². The minimum absolute atomic E-state index is 0.137. The number of aromatic nitrogens is 2. The van der Waals surface area contributed by atoms with Crippen LogP contribution in [0.5, 0.6) is 0 Å². The van der Waals surface area contributed by atoms with Gasteiger partial charge in [0.05, 0.1) is 51.2 Å². The Morgan fingerprint density at radius 1 is 1.14 bits per heavy atom. The van der Waals surface area contributed by atoms with E-state index < -0.39 is 5.82 Å². The summed E-state index contributed by atoms with van der Waals surface area (Å²) in [4.78, 5) is 13.2. The fraction of sp³-hybridized carbons (Fsp3) is 0.250. The Morgan fingerprint density at radius 2 is 1.92 bits per heavy atom. The zero-order chi connectivity index (χ0) is 26.1. The Bertz CT molecular complexity index is 1530. The topological polar surface area (TPSA) is 129 Å². The third kappa shape index (κ3) is 4.84. The fourth-order valence-electron chi connectivity index (χ4n) is 4.89. The number of hydrogen-bond donors (Lipinski definition) is 4. The number of rotatable bonds is 5. The monoisotopic (exact) mass is 498 g/mol. The van der Waals surface area contributed by atoms with Gasteiger partial charge in [0.15, 0.2) is 0 Å². The van der Waals surface area contributed by atoms with Crippen LogP contribution < -0.4 is 16.4 Å². The number of nitrogens with two attached hydrogens (primary N) is 1. The van der Waals surface area contributed by atoms with Gasteiger partial charge in [0.1, 0.15) is 11.9 Å². The second-order valence-corrected chi connectivity index (χ2v) is 9.37. The van der Waals surface area contributed by atoms with Crippen molar-refractivity contribution in [2.24, 2.45) is 0 Å². The number of hydrogen-bond acceptors (Lipinski definition) is 6. The Balaban J connectivity index is 1.50. The van der Waals surface area contributed by atoms with Crippen LogP contribution in [0.1, 0.15) is 47.3 Å². The average Bonchev–Trinajstić information content (AvgIpc) is 3.23. The molecule has 1 aromatic heterocycles. The molecule has 8 nitrogen and oxygen atoms in total. The lowest BCUT2D eigenvalue weighted by atomic mass is 9.93. The van der Waals surface area contributed by atoms with Crippen molar-refractivity contribution in [3.8, 4) is 11.8 Å². The number of aliphatic hydroxyl groups excluding tert-OH is 1. The second kappa shape index (κ2) is 9.91. The normalized spacial score (nSPS) is 17.4. The van der Waals surface area contributed by atoms with E-state index in [1.807, 2.05) is 25.1 Å². The zero-order valence-corrected chi connectivity index (χ0v) is 20.3. The molecule has 0 bridgehead atoms. The van der Waals surface area contributed by atoms with E-state index in [-0.39, 0.29) is 23.7 Å². The Labute approximate surface area is 213 Å². The third-order valence-corrected chi connectivity index (χ3v) is 6.81. The molecule has 4 aromatic rings. The zero-order valence-electron chi connectivity index (χ0n) is 20.3. The SMILES string of the molecule is Cc1nn(-c2ccc(C#N)c(N[C@H]3CC[C@H](O)CC3)c2)c2cccc(C(=O)Nc3ccc(F)cc3N)c12. The van der Waals surface area contributed by atoms with Crippen molar-refractivity contribution < 1.29 is 14.3 Å². The molecule has 5 N–H and O–H groups in total. The smallest absolute Gasteiger partial charge is 0.256 e. The summed E-state index contributed by atoms with van der Waals surface area (Å²) in [6.45, 7) is 1.83. The van der Waals surface area contributed by atoms with E-state index in [4.69, 9.17) is 10.8 Å². The van der Waals surface area contributed by atoms with Gasteiger partial charge in [-0.25, -0.2) is 9.07 Å². The number of amides is 1. The van der Waals surface area contributed by atoms with Crippen molar-refractivity contribution in [2.45, 2.75) is 44.8 Å². The highest BCUT2D eigenvalue weighted by Crippen LogP contribution is 2.30. The molecule has 5 rings (SSSR count). The van der Waals surface area contributed by atoms with Crippen LogP contribution in [0.4, 0.5) is 21.5 Å². The molecule has 1 aliphatic rings. The molecule has 0 unspecified atom stereocenters. The molecule has 0 spiro atoms. The van der Waals surface area contributed by atoms with Crippen molar-refractivity contribution in [1.29, 1.82) is 5.26 Å². The minimum atomic E-state index is -0.480. The van der Waals surface area contributed by atoms with Crippen LogP contribution in [-0.4, -0.2) is 32.9 Å². The number of benzene rings is 3.